The first-order valence-corrected chi connectivity index (χ1v) is 8.55. The molecule has 1 heterocycles. The van der Waals surface area contributed by atoms with Gasteiger partial charge in [-0.25, -0.2) is 9.97 Å². The molecule has 0 atom stereocenters. The van der Waals surface area contributed by atoms with Gasteiger partial charge in [-0.15, -0.1) is 0 Å². The van der Waals surface area contributed by atoms with Gasteiger partial charge in [0.05, 0.1) is 0 Å². The van der Waals surface area contributed by atoms with E-state index in [0.717, 1.165) is 62.3 Å². The van der Waals surface area contributed by atoms with Crippen LogP contribution in [0.2, 0.25) is 0 Å². The summed E-state index contributed by atoms with van der Waals surface area (Å²) in [5.41, 5.74) is 1.20. The molecule has 0 aromatic carbocycles. The quantitative estimate of drug-likeness (QED) is 0.751. The minimum Gasteiger partial charge on any atom is -0.370 e. The van der Waals surface area contributed by atoms with Gasteiger partial charge >= 0.3 is 0 Å². The maximum Gasteiger partial charge on any atom is 0.137 e. The maximum atomic E-state index is 4.86. The van der Waals surface area contributed by atoms with E-state index in [9.17, 15) is 0 Å². The van der Waals surface area contributed by atoms with Gasteiger partial charge in [0.25, 0.3) is 0 Å². The average molecular weight is 290 g/mol. The summed E-state index contributed by atoms with van der Waals surface area (Å²) >= 11 is 0. The van der Waals surface area contributed by atoms with Crippen molar-refractivity contribution in [3.8, 4) is 0 Å². The van der Waals surface area contributed by atoms with Crippen molar-refractivity contribution in [3.05, 3.63) is 11.4 Å². The van der Waals surface area contributed by atoms with Crippen LogP contribution in [0.15, 0.2) is 0 Å². The first-order chi connectivity index (χ1) is 10.2. The van der Waals surface area contributed by atoms with E-state index in [1.165, 1.54) is 18.4 Å². The molecule has 1 aromatic heterocycles. The first-order valence-electron chi connectivity index (χ1n) is 8.55. The molecule has 0 radical (unpaired) electrons. The molecule has 4 nitrogen and oxygen atoms in total. The first kappa shape index (κ1) is 16.1. The zero-order chi connectivity index (χ0) is 15.2. The van der Waals surface area contributed by atoms with Crippen LogP contribution in [0.4, 0.5) is 11.6 Å². The van der Waals surface area contributed by atoms with Gasteiger partial charge in [0.15, 0.2) is 0 Å². The minimum absolute atomic E-state index is 0.876. The Balaban J connectivity index is 2.28. The number of anilines is 2. The molecular weight excluding hydrogens is 260 g/mol. The van der Waals surface area contributed by atoms with Crippen LogP contribution < -0.4 is 10.2 Å². The predicted molar refractivity (Wildman–Crippen MR) is 90.2 cm³/mol. The predicted octanol–water partition coefficient (Wildman–Crippen LogP) is 3.80. The second-order valence-corrected chi connectivity index (χ2v) is 6.10. The molecule has 0 unspecified atom stereocenters. The lowest BCUT2D eigenvalue weighted by Gasteiger charge is -2.25. The van der Waals surface area contributed by atoms with E-state index in [0.29, 0.717) is 0 Å². The van der Waals surface area contributed by atoms with Crippen molar-refractivity contribution in [2.45, 2.75) is 59.8 Å². The van der Waals surface area contributed by atoms with Gasteiger partial charge in [-0.05, 0) is 45.4 Å². The van der Waals surface area contributed by atoms with Crippen LogP contribution in [0.25, 0.3) is 0 Å². The van der Waals surface area contributed by atoms with Crippen LogP contribution in [-0.4, -0.2) is 29.6 Å². The maximum absolute atomic E-state index is 4.86. The van der Waals surface area contributed by atoms with Crippen molar-refractivity contribution in [3.63, 3.8) is 0 Å². The number of aromatic nitrogens is 2. The molecule has 1 N–H and O–H groups in total. The summed E-state index contributed by atoms with van der Waals surface area (Å²) in [7, 11) is 0. The molecule has 1 fully saturated rings. The zero-order valence-corrected chi connectivity index (χ0v) is 14.1. The van der Waals surface area contributed by atoms with Crippen LogP contribution in [-0.2, 0) is 6.42 Å². The molecule has 1 aliphatic carbocycles. The van der Waals surface area contributed by atoms with Gasteiger partial charge < -0.3 is 10.2 Å². The molecule has 0 amide bonds. The Labute approximate surface area is 129 Å². The fourth-order valence-corrected chi connectivity index (χ4v) is 2.59. The third-order valence-electron chi connectivity index (χ3n) is 4.04. The highest BCUT2D eigenvalue weighted by Gasteiger charge is 2.25. The van der Waals surface area contributed by atoms with Crippen molar-refractivity contribution in [1.29, 1.82) is 0 Å². The van der Waals surface area contributed by atoms with Crippen LogP contribution in [0.3, 0.4) is 0 Å². The highest BCUT2D eigenvalue weighted by atomic mass is 15.2. The standard InChI is InChI=1S/C17H30N4/c1-5-8-15-19-16(18-11-6-2)13(4)17(20-15)21(7-3)12-14-9-10-14/h14H,5-12H2,1-4H3,(H,18,19,20). The SMILES string of the molecule is CCCNc1nc(CCC)nc(N(CC)CC2CC2)c1C. The number of aryl methyl sites for hydroxylation is 1. The fourth-order valence-electron chi connectivity index (χ4n) is 2.59. The molecule has 21 heavy (non-hydrogen) atoms. The van der Waals surface area contributed by atoms with E-state index in [2.05, 4.69) is 37.9 Å². The molecule has 1 aliphatic rings. The lowest BCUT2D eigenvalue weighted by atomic mass is 10.2. The summed E-state index contributed by atoms with van der Waals surface area (Å²) in [4.78, 5) is 12.0. The zero-order valence-electron chi connectivity index (χ0n) is 14.1. The lowest BCUT2D eigenvalue weighted by Crippen LogP contribution is -2.28. The molecule has 1 aromatic rings. The smallest absolute Gasteiger partial charge is 0.137 e. The van der Waals surface area contributed by atoms with Gasteiger partial charge in [0, 0.05) is 31.6 Å². The van der Waals surface area contributed by atoms with Gasteiger partial charge in [-0.3, -0.25) is 0 Å². The van der Waals surface area contributed by atoms with Crippen LogP contribution in [0, 0.1) is 12.8 Å². The third kappa shape index (κ3) is 4.32. The lowest BCUT2D eigenvalue weighted by molar-refractivity contribution is 0.718. The molecule has 0 aliphatic heterocycles. The topological polar surface area (TPSA) is 41.1 Å². The van der Waals surface area contributed by atoms with Crippen molar-refractivity contribution >= 4 is 11.6 Å². The molecule has 1 saturated carbocycles. The summed E-state index contributed by atoms with van der Waals surface area (Å²) in [5, 5.41) is 3.47. The molecule has 0 bridgehead atoms. The Morgan fingerprint density at radius 1 is 1.14 bits per heavy atom. The highest BCUT2D eigenvalue weighted by Crippen LogP contribution is 2.32. The Kier molecular flexibility index (Phi) is 5.83. The van der Waals surface area contributed by atoms with Gasteiger partial charge in [-0.1, -0.05) is 13.8 Å². The van der Waals surface area contributed by atoms with Crippen molar-refractivity contribution in [2.75, 3.05) is 29.9 Å². The number of nitrogens with zero attached hydrogens (tertiary/aromatic N) is 3. The van der Waals surface area contributed by atoms with E-state index >= 15 is 0 Å². The van der Waals surface area contributed by atoms with E-state index < -0.39 is 0 Å². The number of hydrogen-bond donors (Lipinski definition) is 1. The van der Waals surface area contributed by atoms with E-state index in [-0.39, 0.29) is 0 Å². The van der Waals surface area contributed by atoms with Crippen LogP contribution in [0.1, 0.15) is 57.8 Å². The second kappa shape index (κ2) is 7.62. The minimum atomic E-state index is 0.876. The molecule has 0 saturated heterocycles. The molecular formula is C17H30N4. The van der Waals surface area contributed by atoms with Crippen LogP contribution >= 0.6 is 0 Å². The average Bonchev–Trinajstić information content (AvgIpc) is 3.29. The second-order valence-electron chi connectivity index (χ2n) is 6.10. The number of hydrogen-bond acceptors (Lipinski definition) is 4. The largest absolute Gasteiger partial charge is 0.370 e. The Bertz CT molecular complexity index is 454. The molecule has 118 valence electrons. The van der Waals surface area contributed by atoms with Gasteiger partial charge in [-0.2, -0.15) is 0 Å². The summed E-state index contributed by atoms with van der Waals surface area (Å²) in [5.74, 6) is 4.02. The van der Waals surface area contributed by atoms with Crippen LogP contribution in [0.5, 0.6) is 0 Å². The summed E-state index contributed by atoms with van der Waals surface area (Å²) < 4.78 is 0. The monoisotopic (exact) mass is 290 g/mol. The fraction of sp³-hybridized carbons (Fsp3) is 0.765. The van der Waals surface area contributed by atoms with Crippen molar-refractivity contribution < 1.29 is 0 Å². The molecule has 4 heteroatoms. The normalized spacial score (nSPS) is 14.3. The van der Waals surface area contributed by atoms with E-state index in [1.54, 1.807) is 0 Å². The highest BCUT2D eigenvalue weighted by molar-refractivity contribution is 5.58. The summed E-state index contributed by atoms with van der Waals surface area (Å²) in [6.45, 7) is 11.9. The molecule has 2 rings (SSSR count). The summed E-state index contributed by atoms with van der Waals surface area (Å²) in [6, 6.07) is 0. The Morgan fingerprint density at radius 3 is 2.48 bits per heavy atom. The Hall–Kier alpha value is -1.32. The number of rotatable bonds is 9. The molecule has 0 spiro atoms. The van der Waals surface area contributed by atoms with Crippen molar-refractivity contribution in [1.82, 2.24) is 9.97 Å². The van der Waals surface area contributed by atoms with Gasteiger partial charge in [0.1, 0.15) is 17.5 Å². The number of nitrogens with one attached hydrogen (secondary N) is 1. The Morgan fingerprint density at radius 2 is 1.90 bits per heavy atom. The van der Waals surface area contributed by atoms with E-state index in [4.69, 9.17) is 9.97 Å². The van der Waals surface area contributed by atoms with Crippen molar-refractivity contribution in [2.24, 2.45) is 5.92 Å². The van der Waals surface area contributed by atoms with Gasteiger partial charge in [0.2, 0.25) is 0 Å². The summed E-state index contributed by atoms with van der Waals surface area (Å²) in [6.07, 6.45) is 5.91. The third-order valence-corrected chi connectivity index (χ3v) is 4.04. The van der Waals surface area contributed by atoms with E-state index in [1.807, 2.05) is 0 Å².